The number of imidazole rings is 1. The van der Waals surface area contributed by atoms with Crippen molar-refractivity contribution in [3.8, 4) is 0 Å². The Morgan fingerprint density at radius 3 is 2.50 bits per heavy atom. The molecule has 0 radical (unpaired) electrons. The Morgan fingerprint density at radius 2 is 1.80 bits per heavy atom. The third kappa shape index (κ3) is 4.49. The number of aromatic nitrogens is 5. The molecule has 0 N–H and O–H groups in total. The minimum absolute atomic E-state index is 0.133. The van der Waals surface area contributed by atoms with Crippen molar-refractivity contribution in [1.82, 2.24) is 29.4 Å². The second kappa shape index (κ2) is 9.23. The van der Waals surface area contributed by atoms with E-state index in [0.717, 1.165) is 11.4 Å². The molecule has 4 rings (SSSR count). The molecule has 0 atom stereocenters. The molecule has 0 saturated heterocycles. The quantitative estimate of drug-likeness (QED) is 0.450. The topological polar surface area (TPSA) is 86.0 Å². The first-order valence-electron chi connectivity index (χ1n) is 9.63. The molecule has 8 nitrogen and oxygen atoms in total. The molecule has 152 valence electrons. The Kier molecular flexibility index (Phi) is 6.05. The molecular weight excluding hydrogens is 380 g/mol. The van der Waals surface area contributed by atoms with Gasteiger partial charge in [0.1, 0.15) is 5.52 Å². The van der Waals surface area contributed by atoms with E-state index < -0.39 is 0 Å². The van der Waals surface area contributed by atoms with Gasteiger partial charge in [0.05, 0.1) is 43.0 Å². The maximum absolute atomic E-state index is 13.2. The van der Waals surface area contributed by atoms with E-state index in [1.165, 1.54) is 0 Å². The van der Waals surface area contributed by atoms with Gasteiger partial charge in [0, 0.05) is 32.2 Å². The van der Waals surface area contributed by atoms with Gasteiger partial charge in [-0.1, -0.05) is 12.1 Å². The number of pyridine rings is 3. The van der Waals surface area contributed by atoms with E-state index >= 15 is 0 Å². The van der Waals surface area contributed by atoms with Crippen LogP contribution in [0.2, 0.25) is 0 Å². The van der Waals surface area contributed by atoms with Crippen LogP contribution in [0, 0.1) is 0 Å². The molecule has 4 heterocycles. The van der Waals surface area contributed by atoms with E-state index in [1.54, 1.807) is 43.0 Å². The zero-order valence-corrected chi connectivity index (χ0v) is 16.7. The van der Waals surface area contributed by atoms with Crippen molar-refractivity contribution >= 4 is 17.1 Å². The van der Waals surface area contributed by atoms with Crippen molar-refractivity contribution < 1.29 is 9.53 Å². The van der Waals surface area contributed by atoms with E-state index in [2.05, 4.69) is 19.9 Å². The van der Waals surface area contributed by atoms with Crippen molar-refractivity contribution in [1.29, 1.82) is 0 Å². The maximum Gasteiger partial charge on any atom is 0.255 e. The van der Waals surface area contributed by atoms with Crippen LogP contribution in [0.1, 0.15) is 21.7 Å². The second-order valence-electron chi connectivity index (χ2n) is 6.80. The fraction of sp³-hybridized carbons (Fsp3) is 0.227. The predicted molar refractivity (Wildman–Crippen MR) is 112 cm³/mol. The molecule has 4 aromatic heterocycles. The highest BCUT2D eigenvalue weighted by atomic mass is 16.5. The summed E-state index contributed by atoms with van der Waals surface area (Å²) in [6, 6.07) is 13.2. The number of methoxy groups -OCH3 is 1. The lowest BCUT2D eigenvalue weighted by Crippen LogP contribution is -2.33. The Bertz CT molecular complexity index is 1110. The number of nitrogens with zero attached hydrogens (tertiary/aromatic N) is 6. The van der Waals surface area contributed by atoms with E-state index in [-0.39, 0.29) is 5.91 Å². The van der Waals surface area contributed by atoms with Crippen molar-refractivity contribution in [2.24, 2.45) is 0 Å². The number of hydrogen-bond acceptors (Lipinski definition) is 6. The highest BCUT2D eigenvalue weighted by Gasteiger charge is 2.18. The van der Waals surface area contributed by atoms with Gasteiger partial charge >= 0.3 is 0 Å². The van der Waals surface area contributed by atoms with Crippen LogP contribution in [-0.2, 0) is 17.8 Å². The lowest BCUT2D eigenvalue weighted by Gasteiger charge is -2.22. The summed E-state index contributed by atoms with van der Waals surface area (Å²) >= 11 is 0. The van der Waals surface area contributed by atoms with Crippen molar-refractivity contribution in [3.05, 3.63) is 84.3 Å². The number of rotatable bonds is 8. The molecule has 0 aromatic carbocycles. The summed E-state index contributed by atoms with van der Waals surface area (Å²) in [5.41, 5.74) is 3.60. The minimum Gasteiger partial charge on any atom is -0.383 e. The van der Waals surface area contributed by atoms with E-state index in [0.29, 0.717) is 43.0 Å². The molecule has 0 aliphatic carbocycles. The summed E-state index contributed by atoms with van der Waals surface area (Å²) in [4.78, 5) is 32.5. The van der Waals surface area contributed by atoms with Crippen LogP contribution < -0.4 is 0 Å². The van der Waals surface area contributed by atoms with E-state index in [9.17, 15) is 4.79 Å². The van der Waals surface area contributed by atoms with Crippen LogP contribution >= 0.6 is 0 Å². The molecule has 0 aliphatic rings. The van der Waals surface area contributed by atoms with Gasteiger partial charge in [-0.25, -0.2) is 9.97 Å². The Labute approximate surface area is 174 Å². The molecule has 0 unspecified atom stereocenters. The number of amides is 1. The normalized spacial score (nSPS) is 11.0. The first kappa shape index (κ1) is 19.7. The van der Waals surface area contributed by atoms with E-state index in [4.69, 9.17) is 4.74 Å². The Morgan fingerprint density at radius 1 is 1.03 bits per heavy atom. The zero-order valence-electron chi connectivity index (χ0n) is 16.7. The van der Waals surface area contributed by atoms with E-state index in [1.807, 2.05) is 41.0 Å². The summed E-state index contributed by atoms with van der Waals surface area (Å²) in [6.07, 6.45) is 6.79. The Balaban J connectivity index is 1.56. The summed E-state index contributed by atoms with van der Waals surface area (Å²) in [6.45, 7) is 1.86. The van der Waals surface area contributed by atoms with Gasteiger partial charge in [-0.15, -0.1) is 0 Å². The molecule has 30 heavy (non-hydrogen) atoms. The SMILES string of the molecule is COCCN(Cc1ccccn1)C(=O)c1cnc2c(c1)ncn2Cc1ccccn1. The van der Waals surface area contributed by atoms with Gasteiger partial charge < -0.3 is 14.2 Å². The average Bonchev–Trinajstić information content (AvgIpc) is 3.19. The van der Waals surface area contributed by atoms with Crippen LogP contribution in [0.15, 0.2) is 67.4 Å². The van der Waals surface area contributed by atoms with Crippen LogP contribution in [-0.4, -0.2) is 55.6 Å². The average molecular weight is 402 g/mol. The monoisotopic (exact) mass is 402 g/mol. The fourth-order valence-corrected chi connectivity index (χ4v) is 3.17. The van der Waals surface area contributed by atoms with Gasteiger partial charge in [-0.05, 0) is 30.3 Å². The third-order valence-electron chi connectivity index (χ3n) is 4.69. The fourth-order valence-electron chi connectivity index (χ4n) is 3.17. The minimum atomic E-state index is -0.133. The maximum atomic E-state index is 13.2. The van der Waals surface area contributed by atoms with Crippen molar-refractivity contribution in [3.63, 3.8) is 0 Å². The summed E-state index contributed by atoms with van der Waals surface area (Å²) < 4.78 is 7.09. The van der Waals surface area contributed by atoms with Gasteiger partial charge in [0.15, 0.2) is 5.65 Å². The number of fused-ring (bicyclic) bond motifs is 1. The second-order valence-corrected chi connectivity index (χ2v) is 6.80. The summed E-state index contributed by atoms with van der Waals surface area (Å²) in [5, 5.41) is 0. The first-order valence-corrected chi connectivity index (χ1v) is 9.63. The van der Waals surface area contributed by atoms with Gasteiger partial charge in [-0.2, -0.15) is 0 Å². The molecule has 8 heteroatoms. The smallest absolute Gasteiger partial charge is 0.255 e. The highest BCUT2D eigenvalue weighted by molar-refractivity contribution is 5.96. The van der Waals surface area contributed by atoms with Crippen LogP contribution in [0.4, 0.5) is 0 Å². The highest BCUT2D eigenvalue weighted by Crippen LogP contribution is 2.16. The number of carbonyl (C=O) groups is 1. The summed E-state index contributed by atoms with van der Waals surface area (Å²) in [5.74, 6) is -0.133. The van der Waals surface area contributed by atoms with Gasteiger partial charge in [0.2, 0.25) is 0 Å². The number of ether oxygens (including phenoxy) is 1. The lowest BCUT2D eigenvalue weighted by molar-refractivity contribution is 0.0677. The predicted octanol–water partition coefficient (Wildman–Crippen LogP) is 2.56. The standard InChI is InChI=1S/C22H22N6O2/c1-30-11-10-27(14-18-6-2-4-8-23-18)22(29)17-12-20-21(25-13-17)28(16-26-20)15-19-7-3-5-9-24-19/h2-9,12-13,16H,10-11,14-15H2,1H3. The molecule has 0 spiro atoms. The molecule has 1 amide bonds. The van der Waals surface area contributed by atoms with Crippen LogP contribution in [0.25, 0.3) is 11.2 Å². The van der Waals surface area contributed by atoms with Gasteiger partial charge in [0.25, 0.3) is 5.91 Å². The lowest BCUT2D eigenvalue weighted by atomic mass is 10.2. The third-order valence-corrected chi connectivity index (χ3v) is 4.69. The molecule has 0 aliphatic heterocycles. The first-order chi connectivity index (χ1) is 14.7. The summed E-state index contributed by atoms with van der Waals surface area (Å²) in [7, 11) is 1.62. The zero-order chi connectivity index (χ0) is 20.8. The largest absolute Gasteiger partial charge is 0.383 e. The number of carbonyl (C=O) groups excluding carboxylic acids is 1. The number of hydrogen-bond donors (Lipinski definition) is 0. The molecule has 0 fully saturated rings. The Hall–Kier alpha value is -3.65. The van der Waals surface area contributed by atoms with Crippen molar-refractivity contribution in [2.75, 3.05) is 20.3 Å². The van der Waals surface area contributed by atoms with Gasteiger partial charge in [-0.3, -0.25) is 14.8 Å². The molecule has 0 saturated carbocycles. The van der Waals surface area contributed by atoms with Crippen molar-refractivity contribution in [2.45, 2.75) is 13.1 Å². The van der Waals surface area contributed by atoms with Crippen LogP contribution in [0.5, 0.6) is 0 Å². The molecule has 0 bridgehead atoms. The molecule has 4 aromatic rings. The van der Waals surface area contributed by atoms with Crippen LogP contribution in [0.3, 0.4) is 0 Å². The molecular formula is C22H22N6O2.